The molecule has 0 aliphatic heterocycles. The second-order valence-corrected chi connectivity index (χ2v) is 5.30. The second kappa shape index (κ2) is 8.44. The van der Waals surface area contributed by atoms with Crippen LogP contribution in [0.3, 0.4) is 0 Å². The zero-order valence-electron chi connectivity index (χ0n) is 13.0. The molecule has 0 atom stereocenters. The number of hydrogen-bond acceptors (Lipinski definition) is 3. The molecule has 122 valence electrons. The highest BCUT2D eigenvalue weighted by molar-refractivity contribution is 5.20. The van der Waals surface area contributed by atoms with E-state index in [1.165, 1.54) is 4.90 Å². The molecular weight excluding hydrogens is 281 g/mol. The molecular formula is C15H25F3N2O. The van der Waals surface area contributed by atoms with Crippen LogP contribution in [-0.2, 0) is 13.1 Å². The topological polar surface area (TPSA) is 28.4 Å². The van der Waals surface area contributed by atoms with Crippen LogP contribution in [0.2, 0.25) is 0 Å². The molecule has 0 saturated heterocycles. The summed E-state index contributed by atoms with van der Waals surface area (Å²) in [6.45, 7) is 7.11. The third-order valence-electron chi connectivity index (χ3n) is 3.14. The molecule has 0 aromatic carbocycles. The maximum atomic E-state index is 12.5. The van der Waals surface area contributed by atoms with Crippen LogP contribution in [0.25, 0.3) is 0 Å². The van der Waals surface area contributed by atoms with Crippen molar-refractivity contribution in [3.05, 3.63) is 23.2 Å². The van der Waals surface area contributed by atoms with E-state index in [-0.39, 0.29) is 6.54 Å². The van der Waals surface area contributed by atoms with Crippen molar-refractivity contribution in [1.82, 2.24) is 10.2 Å². The summed E-state index contributed by atoms with van der Waals surface area (Å²) in [7, 11) is 0. The van der Waals surface area contributed by atoms with Gasteiger partial charge in [0.05, 0.1) is 13.1 Å². The van der Waals surface area contributed by atoms with Gasteiger partial charge in [-0.15, -0.1) is 0 Å². The zero-order valence-corrected chi connectivity index (χ0v) is 13.0. The molecule has 0 amide bonds. The predicted molar refractivity (Wildman–Crippen MR) is 77.1 cm³/mol. The molecule has 1 aromatic rings. The third-order valence-corrected chi connectivity index (χ3v) is 3.14. The van der Waals surface area contributed by atoms with Crippen molar-refractivity contribution in [3.63, 3.8) is 0 Å². The molecule has 0 spiro atoms. The standard InChI is InChI=1S/C15H25F3N2O/c1-4-6-19-9-13-8-14(21-12(13)3)10-20(7-5-2)11-15(16,17)18/h8,19H,4-7,9-11H2,1-3H3. The Labute approximate surface area is 124 Å². The van der Waals surface area contributed by atoms with E-state index in [9.17, 15) is 13.2 Å². The van der Waals surface area contributed by atoms with Crippen LogP contribution in [0, 0.1) is 6.92 Å². The lowest BCUT2D eigenvalue weighted by atomic mass is 10.2. The van der Waals surface area contributed by atoms with Crippen molar-refractivity contribution in [3.8, 4) is 0 Å². The first-order valence-corrected chi connectivity index (χ1v) is 7.43. The summed E-state index contributed by atoms with van der Waals surface area (Å²) in [6, 6.07) is 1.86. The van der Waals surface area contributed by atoms with Crippen molar-refractivity contribution in [1.29, 1.82) is 0 Å². The highest BCUT2D eigenvalue weighted by atomic mass is 19.4. The Morgan fingerprint density at radius 1 is 1.24 bits per heavy atom. The summed E-state index contributed by atoms with van der Waals surface area (Å²) in [5, 5.41) is 3.27. The second-order valence-electron chi connectivity index (χ2n) is 5.30. The number of halogens is 3. The van der Waals surface area contributed by atoms with E-state index in [2.05, 4.69) is 12.2 Å². The van der Waals surface area contributed by atoms with Crippen LogP contribution in [0.1, 0.15) is 43.8 Å². The third kappa shape index (κ3) is 7.00. The molecule has 0 fully saturated rings. The Kier molecular flexibility index (Phi) is 7.25. The van der Waals surface area contributed by atoms with Gasteiger partial charge in [-0.25, -0.2) is 0 Å². The van der Waals surface area contributed by atoms with E-state index in [1.807, 2.05) is 19.9 Å². The van der Waals surface area contributed by atoms with Gasteiger partial charge in [-0.2, -0.15) is 13.2 Å². The van der Waals surface area contributed by atoms with Gasteiger partial charge in [-0.3, -0.25) is 4.90 Å². The maximum absolute atomic E-state index is 12.5. The molecule has 3 nitrogen and oxygen atoms in total. The average Bonchev–Trinajstić information content (AvgIpc) is 2.68. The number of nitrogens with zero attached hydrogens (tertiary/aromatic N) is 1. The van der Waals surface area contributed by atoms with Crippen LogP contribution < -0.4 is 5.32 Å². The zero-order chi connectivity index (χ0) is 15.9. The Bertz CT molecular complexity index is 416. The monoisotopic (exact) mass is 306 g/mol. The highest BCUT2D eigenvalue weighted by Crippen LogP contribution is 2.21. The number of aryl methyl sites for hydroxylation is 1. The minimum Gasteiger partial charge on any atom is -0.465 e. The molecule has 0 aliphatic carbocycles. The number of nitrogens with one attached hydrogen (secondary N) is 1. The van der Waals surface area contributed by atoms with Gasteiger partial charge in [0.2, 0.25) is 0 Å². The molecule has 0 bridgehead atoms. The Balaban J connectivity index is 2.64. The van der Waals surface area contributed by atoms with E-state index in [1.54, 1.807) is 0 Å². The number of rotatable bonds is 9. The number of hydrogen-bond donors (Lipinski definition) is 1. The van der Waals surface area contributed by atoms with Gasteiger partial charge in [-0.1, -0.05) is 13.8 Å². The fraction of sp³-hybridized carbons (Fsp3) is 0.733. The highest BCUT2D eigenvalue weighted by Gasteiger charge is 2.30. The van der Waals surface area contributed by atoms with Crippen LogP contribution in [0.15, 0.2) is 10.5 Å². The first-order chi connectivity index (χ1) is 9.85. The molecule has 6 heteroatoms. The van der Waals surface area contributed by atoms with Gasteiger partial charge >= 0.3 is 6.18 Å². The summed E-state index contributed by atoms with van der Waals surface area (Å²) >= 11 is 0. The summed E-state index contributed by atoms with van der Waals surface area (Å²) in [4.78, 5) is 1.38. The Morgan fingerprint density at radius 3 is 2.52 bits per heavy atom. The van der Waals surface area contributed by atoms with Crippen molar-refractivity contribution < 1.29 is 17.6 Å². The van der Waals surface area contributed by atoms with Gasteiger partial charge in [0.1, 0.15) is 11.5 Å². The molecule has 1 rings (SSSR count). The molecule has 1 aromatic heterocycles. The van der Waals surface area contributed by atoms with Crippen LogP contribution in [0.4, 0.5) is 13.2 Å². The van der Waals surface area contributed by atoms with Gasteiger partial charge in [0.15, 0.2) is 0 Å². The lowest BCUT2D eigenvalue weighted by molar-refractivity contribution is -0.147. The molecule has 0 aliphatic rings. The molecule has 1 N–H and O–H groups in total. The smallest absolute Gasteiger partial charge is 0.401 e. The largest absolute Gasteiger partial charge is 0.465 e. The van der Waals surface area contributed by atoms with Crippen LogP contribution >= 0.6 is 0 Å². The molecule has 0 unspecified atom stereocenters. The van der Waals surface area contributed by atoms with E-state index in [0.29, 0.717) is 25.3 Å². The average molecular weight is 306 g/mol. The first-order valence-electron chi connectivity index (χ1n) is 7.43. The molecule has 0 radical (unpaired) electrons. The SMILES string of the molecule is CCCNCc1cc(CN(CCC)CC(F)(F)F)oc1C. The Morgan fingerprint density at radius 2 is 1.95 bits per heavy atom. The van der Waals surface area contributed by atoms with Gasteiger partial charge in [-0.05, 0) is 38.9 Å². The minimum atomic E-state index is -4.18. The van der Waals surface area contributed by atoms with E-state index in [0.717, 1.165) is 24.3 Å². The van der Waals surface area contributed by atoms with E-state index in [4.69, 9.17) is 4.42 Å². The predicted octanol–water partition coefficient (Wildman–Crippen LogP) is 3.86. The Hall–Kier alpha value is -1.01. The summed E-state index contributed by atoms with van der Waals surface area (Å²) in [6.07, 6.45) is -2.46. The summed E-state index contributed by atoms with van der Waals surface area (Å²) in [5.74, 6) is 1.37. The van der Waals surface area contributed by atoms with Gasteiger partial charge in [0.25, 0.3) is 0 Å². The van der Waals surface area contributed by atoms with Gasteiger partial charge < -0.3 is 9.73 Å². The van der Waals surface area contributed by atoms with Crippen molar-refractivity contribution >= 4 is 0 Å². The fourth-order valence-corrected chi connectivity index (χ4v) is 2.25. The van der Waals surface area contributed by atoms with Crippen LogP contribution in [-0.4, -0.2) is 30.7 Å². The number of alkyl halides is 3. The first kappa shape index (κ1) is 18.0. The van der Waals surface area contributed by atoms with Crippen molar-refractivity contribution in [2.45, 2.75) is 52.9 Å². The fourth-order valence-electron chi connectivity index (χ4n) is 2.25. The lowest BCUT2D eigenvalue weighted by Crippen LogP contribution is -2.34. The number of furan rings is 1. The summed E-state index contributed by atoms with van der Waals surface area (Å²) < 4.78 is 43.2. The normalized spacial score (nSPS) is 12.3. The van der Waals surface area contributed by atoms with E-state index >= 15 is 0 Å². The molecule has 0 saturated carbocycles. The van der Waals surface area contributed by atoms with Crippen molar-refractivity contribution in [2.24, 2.45) is 0 Å². The lowest BCUT2D eigenvalue weighted by Gasteiger charge is -2.21. The minimum absolute atomic E-state index is 0.196. The van der Waals surface area contributed by atoms with Crippen LogP contribution in [0.5, 0.6) is 0 Å². The van der Waals surface area contributed by atoms with E-state index < -0.39 is 12.7 Å². The summed E-state index contributed by atoms with van der Waals surface area (Å²) in [5.41, 5.74) is 1.02. The molecule has 1 heterocycles. The van der Waals surface area contributed by atoms with Crippen molar-refractivity contribution in [2.75, 3.05) is 19.6 Å². The maximum Gasteiger partial charge on any atom is 0.401 e. The van der Waals surface area contributed by atoms with Gasteiger partial charge in [0, 0.05) is 12.1 Å². The quantitative estimate of drug-likeness (QED) is 0.702. The molecule has 21 heavy (non-hydrogen) atoms.